The van der Waals surface area contributed by atoms with Crippen molar-refractivity contribution in [3.63, 3.8) is 0 Å². The van der Waals surface area contributed by atoms with Crippen LogP contribution in [0.1, 0.15) is 20.8 Å². The Balaban J connectivity index is 1.91. The molecular weight excluding hydrogens is 380 g/mol. The average molecular weight is 407 g/mol. The summed E-state index contributed by atoms with van der Waals surface area (Å²) >= 11 is 0. The number of nitrogens with one attached hydrogen (secondary N) is 1. The van der Waals surface area contributed by atoms with Crippen molar-refractivity contribution in [2.75, 3.05) is 31.6 Å². The summed E-state index contributed by atoms with van der Waals surface area (Å²) < 4.78 is 37.1. The van der Waals surface area contributed by atoms with Crippen molar-refractivity contribution in [1.29, 1.82) is 0 Å². The summed E-state index contributed by atoms with van der Waals surface area (Å²) in [4.78, 5) is 12.2. The number of hydrogen-bond acceptors (Lipinski definition) is 5. The first kappa shape index (κ1) is 21.7. The van der Waals surface area contributed by atoms with Gasteiger partial charge in [-0.15, -0.1) is 0 Å². The lowest BCUT2D eigenvalue weighted by Crippen LogP contribution is -2.30. The number of amides is 1. The van der Waals surface area contributed by atoms with E-state index < -0.39 is 10.0 Å². The molecule has 0 bridgehead atoms. The summed E-state index contributed by atoms with van der Waals surface area (Å²) in [6.07, 6.45) is 0. The zero-order chi connectivity index (χ0) is 20.6. The van der Waals surface area contributed by atoms with Crippen LogP contribution in [0.25, 0.3) is 0 Å². The molecule has 7 nitrogen and oxygen atoms in total. The van der Waals surface area contributed by atoms with Gasteiger partial charge in [0.25, 0.3) is 5.91 Å². The molecule has 0 fully saturated rings. The summed E-state index contributed by atoms with van der Waals surface area (Å²) in [6, 6.07) is 13.1. The van der Waals surface area contributed by atoms with Gasteiger partial charge in [-0.3, -0.25) is 4.79 Å². The summed E-state index contributed by atoms with van der Waals surface area (Å²) in [6.45, 7) is 6.69. The van der Waals surface area contributed by atoms with E-state index in [1.165, 1.54) is 16.4 Å². The maximum atomic E-state index is 12.5. The van der Waals surface area contributed by atoms with Crippen molar-refractivity contribution >= 4 is 21.6 Å². The van der Waals surface area contributed by atoms with E-state index in [2.05, 4.69) is 5.32 Å². The predicted octanol–water partition coefficient (Wildman–Crippen LogP) is 3.13. The monoisotopic (exact) mass is 406 g/mol. The molecule has 2 aromatic rings. The lowest BCUT2D eigenvalue weighted by Gasteiger charge is -2.18. The number of ether oxygens (including phenoxy) is 2. The van der Waals surface area contributed by atoms with Gasteiger partial charge in [-0.1, -0.05) is 13.8 Å². The topological polar surface area (TPSA) is 84.9 Å². The van der Waals surface area contributed by atoms with Crippen LogP contribution in [0.4, 0.5) is 5.69 Å². The average Bonchev–Trinajstić information content (AvgIpc) is 2.69. The number of hydrogen-bond donors (Lipinski definition) is 1. The summed E-state index contributed by atoms with van der Waals surface area (Å²) in [5.41, 5.74) is 0.637. The molecule has 0 aromatic heterocycles. The molecule has 28 heavy (non-hydrogen) atoms. The number of nitrogens with zero attached hydrogens (tertiary/aromatic N) is 1. The number of sulfonamides is 1. The van der Waals surface area contributed by atoms with Crippen molar-refractivity contribution in [2.45, 2.75) is 25.7 Å². The summed E-state index contributed by atoms with van der Waals surface area (Å²) in [7, 11) is -3.51. The minimum atomic E-state index is -3.51. The van der Waals surface area contributed by atoms with Crippen LogP contribution in [-0.2, 0) is 14.8 Å². The highest BCUT2D eigenvalue weighted by Gasteiger charge is 2.21. The lowest BCUT2D eigenvalue weighted by molar-refractivity contribution is -0.118. The predicted molar refractivity (Wildman–Crippen MR) is 108 cm³/mol. The number of carbonyl (C=O) groups is 1. The van der Waals surface area contributed by atoms with E-state index in [0.717, 1.165) is 5.75 Å². The smallest absolute Gasteiger partial charge is 0.262 e. The maximum Gasteiger partial charge on any atom is 0.262 e. The van der Waals surface area contributed by atoms with E-state index in [0.29, 0.717) is 31.1 Å². The molecule has 1 N–H and O–H groups in total. The van der Waals surface area contributed by atoms with Gasteiger partial charge in [0, 0.05) is 18.8 Å². The second-order valence-electron chi connectivity index (χ2n) is 5.85. The number of anilines is 1. The highest BCUT2D eigenvalue weighted by Crippen LogP contribution is 2.20. The Morgan fingerprint density at radius 2 is 1.43 bits per heavy atom. The van der Waals surface area contributed by atoms with Crippen LogP contribution < -0.4 is 14.8 Å². The molecular formula is C20H26N2O5S. The Bertz CT molecular complexity index is 860. The summed E-state index contributed by atoms with van der Waals surface area (Å²) in [5.74, 6) is 0.834. The van der Waals surface area contributed by atoms with Gasteiger partial charge < -0.3 is 14.8 Å². The van der Waals surface area contributed by atoms with Gasteiger partial charge in [-0.25, -0.2) is 8.42 Å². The standard InChI is InChI=1S/C20H26N2O5S/c1-4-22(5-2)28(24,25)19-13-11-18(12-14-19)27-15-20(23)21-16-7-9-17(10-8-16)26-6-3/h7-14H,4-6,15H2,1-3H3,(H,21,23). The highest BCUT2D eigenvalue weighted by molar-refractivity contribution is 7.89. The van der Waals surface area contributed by atoms with Crippen LogP contribution in [0.5, 0.6) is 11.5 Å². The third kappa shape index (κ3) is 5.71. The quantitative estimate of drug-likeness (QED) is 0.655. The third-order valence-corrected chi connectivity index (χ3v) is 6.05. The van der Waals surface area contributed by atoms with Gasteiger partial charge in [0.2, 0.25) is 10.0 Å². The molecule has 0 aliphatic rings. The largest absolute Gasteiger partial charge is 0.494 e. The van der Waals surface area contributed by atoms with Crippen LogP contribution in [0, 0.1) is 0 Å². The van der Waals surface area contributed by atoms with Crippen molar-refractivity contribution in [3.05, 3.63) is 48.5 Å². The molecule has 0 heterocycles. The second kappa shape index (κ2) is 10.1. The Morgan fingerprint density at radius 3 is 1.96 bits per heavy atom. The first-order valence-electron chi connectivity index (χ1n) is 9.16. The molecule has 152 valence electrons. The molecule has 0 atom stereocenters. The second-order valence-corrected chi connectivity index (χ2v) is 7.79. The van der Waals surface area contributed by atoms with Gasteiger partial charge in [0.1, 0.15) is 11.5 Å². The highest BCUT2D eigenvalue weighted by atomic mass is 32.2. The molecule has 2 rings (SSSR count). The van der Waals surface area contributed by atoms with Gasteiger partial charge >= 0.3 is 0 Å². The molecule has 0 aliphatic heterocycles. The number of benzene rings is 2. The molecule has 0 aliphatic carbocycles. The van der Waals surface area contributed by atoms with E-state index in [1.54, 1.807) is 50.2 Å². The van der Waals surface area contributed by atoms with E-state index in [1.807, 2.05) is 6.92 Å². The molecule has 0 radical (unpaired) electrons. The summed E-state index contributed by atoms with van der Waals surface area (Å²) in [5, 5.41) is 2.73. The van der Waals surface area contributed by atoms with Crippen LogP contribution in [-0.4, -0.2) is 44.9 Å². The van der Waals surface area contributed by atoms with Crippen molar-refractivity contribution in [1.82, 2.24) is 4.31 Å². The van der Waals surface area contributed by atoms with Crippen molar-refractivity contribution < 1.29 is 22.7 Å². The Labute approximate surface area is 166 Å². The van der Waals surface area contributed by atoms with Crippen molar-refractivity contribution in [3.8, 4) is 11.5 Å². The van der Waals surface area contributed by atoms with E-state index in [-0.39, 0.29) is 17.4 Å². The van der Waals surface area contributed by atoms with Crippen molar-refractivity contribution in [2.24, 2.45) is 0 Å². The molecule has 8 heteroatoms. The van der Waals surface area contributed by atoms with E-state index >= 15 is 0 Å². The van der Waals surface area contributed by atoms with Crippen LogP contribution >= 0.6 is 0 Å². The van der Waals surface area contributed by atoms with Gasteiger partial charge in [-0.05, 0) is 55.5 Å². The molecule has 0 spiro atoms. The fourth-order valence-electron chi connectivity index (χ4n) is 2.57. The fraction of sp³-hybridized carbons (Fsp3) is 0.350. The Morgan fingerprint density at radius 1 is 0.893 bits per heavy atom. The number of rotatable bonds is 10. The van der Waals surface area contributed by atoms with E-state index in [9.17, 15) is 13.2 Å². The van der Waals surface area contributed by atoms with Crippen LogP contribution in [0.15, 0.2) is 53.4 Å². The third-order valence-electron chi connectivity index (χ3n) is 3.99. The Hall–Kier alpha value is -2.58. The SMILES string of the molecule is CCOc1ccc(NC(=O)COc2ccc(S(=O)(=O)N(CC)CC)cc2)cc1. The fourth-order valence-corrected chi connectivity index (χ4v) is 4.03. The van der Waals surface area contributed by atoms with E-state index in [4.69, 9.17) is 9.47 Å². The molecule has 0 saturated carbocycles. The minimum Gasteiger partial charge on any atom is -0.494 e. The Kier molecular flexibility index (Phi) is 7.83. The van der Waals surface area contributed by atoms with Crippen LogP contribution in [0.3, 0.4) is 0 Å². The molecule has 0 unspecified atom stereocenters. The minimum absolute atomic E-state index is 0.185. The zero-order valence-electron chi connectivity index (χ0n) is 16.3. The molecule has 1 amide bonds. The molecule has 2 aromatic carbocycles. The molecule has 0 saturated heterocycles. The zero-order valence-corrected chi connectivity index (χ0v) is 17.2. The van der Waals surface area contributed by atoms with Gasteiger partial charge in [0.15, 0.2) is 6.61 Å². The normalized spacial score (nSPS) is 11.3. The lowest BCUT2D eigenvalue weighted by atomic mass is 10.3. The van der Waals surface area contributed by atoms with Gasteiger partial charge in [-0.2, -0.15) is 4.31 Å². The number of carbonyl (C=O) groups excluding carboxylic acids is 1. The maximum absolute atomic E-state index is 12.5. The van der Waals surface area contributed by atoms with Crippen LogP contribution in [0.2, 0.25) is 0 Å². The first-order chi connectivity index (χ1) is 13.4. The first-order valence-corrected chi connectivity index (χ1v) is 10.6. The van der Waals surface area contributed by atoms with Gasteiger partial charge in [0.05, 0.1) is 11.5 Å².